The van der Waals surface area contributed by atoms with Crippen LogP contribution in [0.15, 0.2) is 64.6 Å². The molecule has 4 rings (SSSR count). The maximum Gasteiger partial charge on any atom is 0.259 e. The number of nitrogens with zero attached hydrogens (tertiary/aromatic N) is 3. The van der Waals surface area contributed by atoms with Gasteiger partial charge in [-0.3, -0.25) is 14.6 Å². The molecule has 0 radical (unpaired) electrons. The van der Waals surface area contributed by atoms with E-state index < -0.39 is 6.04 Å². The van der Waals surface area contributed by atoms with Gasteiger partial charge in [-0.1, -0.05) is 75.0 Å². The molecular formula is C25H28N4O2S. The van der Waals surface area contributed by atoms with Gasteiger partial charge in [0.2, 0.25) is 5.91 Å². The van der Waals surface area contributed by atoms with Crippen molar-refractivity contribution < 1.29 is 9.59 Å². The Hall–Kier alpha value is -2.93. The number of aliphatic imine (C=N–C) groups is 2. The van der Waals surface area contributed by atoms with Crippen molar-refractivity contribution >= 4 is 40.3 Å². The van der Waals surface area contributed by atoms with Crippen LogP contribution in [-0.2, 0) is 16.0 Å². The Kier molecular flexibility index (Phi) is 6.74. The van der Waals surface area contributed by atoms with Gasteiger partial charge in [-0.25, -0.2) is 9.89 Å². The first-order chi connectivity index (χ1) is 15.5. The van der Waals surface area contributed by atoms with Crippen LogP contribution < -0.4 is 5.32 Å². The topological polar surface area (TPSA) is 74.1 Å². The lowest BCUT2D eigenvalue weighted by atomic mass is 10.1. The molecule has 166 valence electrons. The minimum atomic E-state index is -0.429. The van der Waals surface area contributed by atoms with Gasteiger partial charge in [0.25, 0.3) is 5.91 Å². The van der Waals surface area contributed by atoms with Gasteiger partial charge in [-0.15, -0.1) is 0 Å². The zero-order valence-electron chi connectivity index (χ0n) is 18.6. The molecular weight excluding hydrogens is 420 g/mol. The van der Waals surface area contributed by atoms with Crippen LogP contribution >= 0.6 is 11.8 Å². The first-order valence-corrected chi connectivity index (χ1v) is 12.0. The van der Waals surface area contributed by atoms with Crippen LogP contribution in [-0.4, -0.2) is 45.6 Å². The van der Waals surface area contributed by atoms with Crippen LogP contribution in [0.1, 0.15) is 38.3 Å². The molecule has 0 spiro atoms. The minimum Gasteiger partial charge on any atom is -0.355 e. The van der Waals surface area contributed by atoms with Crippen molar-refractivity contribution in [3.63, 3.8) is 0 Å². The molecule has 0 bridgehead atoms. The van der Waals surface area contributed by atoms with Crippen LogP contribution in [0, 0.1) is 5.92 Å². The van der Waals surface area contributed by atoms with Gasteiger partial charge in [0.1, 0.15) is 11.9 Å². The molecule has 7 heteroatoms. The fraction of sp³-hybridized carbons (Fsp3) is 0.360. The van der Waals surface area contributed by atoms with E-state index in [-0.39, 0.29) is 23.0 Å². The first kappa shape index (κ1) is 22.3. The number of carbonyl (C=O) groups excluding carboxylic acids is 2. The van der Waals surface area contributed by atoms with Gasteiger partial charge in [0, 0.05) is 12.1 Å². The van der Waals surface area contributed by atoms with Crippen LogP contribution in [0.4, 0.5) is 5.69 Å². The summed E-state index contributed by atoms with van der Waals surface area (Å²) in [5.74, 6) is 0.610. The lowest BCUT2D eigenvalue weighted by Gasteiger charge is -2.27. The Morgan fingerprint density at radius 3 is 2.56 bits per heavy atom. The number of carbonyl (C=O) groups is 2. The third-order valence-electron chi connectivity index (χ3n) is 5.60. The van der Waals surface area contributed by atoms with Gasteiger partial charge in [-0.2, -0.15) is 0 Å². The number of nitrogens with one attached hydrogen (secondary N) is 1. The molecule has 2 atom stereocenters. The average Bonchev–Trinajstić information content (AvgIpc) is 3.16. The second kappa shape index (κ2) is 9.69. The molecule has 0 saturated carbocycles. The number of thioether (sulfide) groups is 1. The summed E-state index contributed by atoms with van der Waals surface area (Å²) < 4.78 is 0. The summed E-state index contributed by atoms with van der Waals surface area (Å²) in [5.41, 5.74) is 2.82. The molecule has 2 amide bonds. The van der Waals surface area contributed by atoms with Crippen molar-refractivity contribution in [2.45, 2.75) is 44.9 Å². The normalized spacial score (nSPS) is 18.1. The predicted molar refractivity (Wildman–Crippen MR) is 130 cm³/mol. The highest BCUT2D eigenvalue weighted by atomic mass is 32.2. The van der Waals surface area contributed by atoms with Crippen molar-refractivity contribution in [2.75, 3.05) is 6.54 Å². The first-order valence-electron chi connectivity index (χ1n) is 11.1. The minimum absolute atomic E-state index is 0.0412. The quantitative estimate of drug-likeness (QED) is 0.691. The molecule has 0 aromatic heterocycles. The van der Waals surface area contributed by atoms with Crippen LogP contribution in [0.5, 0.6) is 0 Å². The highest BCUT2D eigenvalue weighted by Crippen LogP contribution is 2.36. The van der Waals surface area contributed by atoms with Crippen molar-refractivity contribution in [1.29, 1.82) is 0 Å². The largest absolute Gasteiger partial charge is 0.355 e. The Bertz CT molecular complexity index is 1060. The highest BCUT2D eigenvalue weighted by Gasteiger charge is 2.43. The lowest BCUT2D eigenvalue weighted by molar-refractivity contribution is -0.125. The van der Waals surface area contributed by atoms with Crippen molar-refractivity contribution in [1.82, 2.24) is 10.2 Å². The summed E-state index contributed by atoms with van der Waals surface area (Å²) in [7, 11) is 0. The molecule has 2 aromatic carbocycles. The van der Waals surface area contributed by atoms with E-state index in [0.29, 0.717) is 24.0 Å². The van der Waals surface area contributed by atoms with E-state index in [4.69, 9.17) is 9.98 Å². The molecule has 2 aliphatic heterocycles. The number of para-hydroxylation sites is 1. The number of benzene rings is 2. The zero-order valence-corrected chi connectivity index (χ0v) is 19.4. The summed E-state index contributed by atoms with van der Waals surface area (Å²) in [5, 5.41) is 3.22. The van der Waals surface area contributed by atoms with Crippen LogP contribution in [0.25, 0.3) is 0 Å². The monoisotopic (exact) mass is 448 g/mol. The predicted octanol–water partition coefficient (Wildman–Crippen LogP) is 4.17. The molecule has 6 nitrogen and oxygen atoms in total. The standard InChI is InChI=1S/C25H28N4O2S/c1-4-20(23(30)26-15-14-17-10-6-5-7-11-17)32-25-27-19-13-9-8-12-18(19)22-28-21(16(2)3)24(31)29(22)25/h5-13,16,20-21H,4,14-15H2,1-3H3,(H,26,30)/t20-,21+/m0/s1. The number of hydrogen-bond acceptors (Lipinski definition) is 5. The Balaban J connectivity index is 1.51. The summed E-state index contributed by atoms with van der Waals surface area (Å²) in [6.07, 6.45) is 1.41. The second-order valence-electron chi connectivity index (χ2n) is 8.27. The van der Waals surface area contributed by atoms with Gasteiger partial charge >= 0.3 is 0 Å². The number of fused-ring (bicyclic) bond motifs is 3. The van der Waals surface area contributed by atoms with Gasteiger partial charge < -0.3 is 5.32 Å². The number of hydrogen-bond donors (Lipinski definition) is 1. The summed E-state index contributed by atoms with van der Waals surface area (Å²) in [6, 6.07) is 17.4. The lowest BCUT2D eigenvalue weighted by Crippen LogP contribution is -2.44. The smallest absolute Gasteiger partial charge is 0.259 e. The van der Waals surface area contributed by atoms with E-state index in [0.717, 1.165) is 17.7 Å². The van der Waals surface area contributed by atoms with Gasteiger partial charge in [0.15, 0.2) is 5.17 Å². The number of rotatable bonds is 7. The molecule has 2 aliphatic rings. The van der Waals surface area contributed by atoms with Crippen molar-refractivity contribution in [3.8, 4) is 0 Å². The third kappa shape index (κ3) is 4.48. The van der Waals surface area contributed by atoms with Gasteiger partial charge in [-0.05, 0) is 36.5 Å². The molecule has 0 aliphatic carbocycles. The van der Waals surface area contributed by atoms with E-state index in [9.17, 15) is 9.59 Å². The summed E-state index contributed by atoms with van der Waals surface area (Å²) in [6.45, 7) is 6.54. The van der Waals surface area contributed by atoms with Crippen molar-refractivity contribution in [2.24, 2.45) is 15.9 Å². The zero-order chi connectivity index (χ0) is 22.7. The fourth-order valence-corrected chi connectivity index (χ4v) is 4.87. The Morgan fingerprint density at radius 1 is 1.12 bits per heavy atom. The van der Waals surface area contributed by atoms with E-state index in [1.165, 1.54) is 17.3 Å². The molecule has 32 heavy (non-hydrogen) atoms. The molecule has 1 N–H and O–H groups in total. The highest BCUT2D eigenvalue weighted by molar-refractivity contribution is 8.15. The van der Waals surface area contributed by atoms with E-state index in [2.05, 4.69) is 17.4 Å². The van der Waals surface area contributed by atoms with E-state index in [1.54, 1.807) is 4.90 Å². The van der Waals surface area contributed by atoms with Crippen LogP contribution in [0.3, 0.4) is 0 Å². The van der Waals surface area contributed by atoms with Gasteiger partial charge in [0.05, 0.1) is 10.9 Å². The van der Waals surface area contributed by atoms with Crippen LogP contribution in [0.2, 0.25) is 0 Å². The maximum absolute atomic E-state index is 13.2. The SMILES string of the molecule is CC[C@H](SC1=Nc2ccccc2C2=N[C@H](C(C)C)C(=O)N12)C(=O)NCCc1ccccc1. The summed E-state index contributed by atoms with van der Waals surface area (Å²) >= 11 is 1.34. The second-order valence-corrected chi connectivity index (χ2v) is 9.44. The molecule has 2 aromatic rings. The maximum atomic E-state index is 13.2. The molecule has 2 heterocycles. The fourth-order valence-electron chi connectivity index (χ4n) is 3.82. The Morgan fingerprint density at radius 2 is 1.84 bits per heavy atom. The molecule has 0 fully saturated rings. The van der Waals surface area contributed by atoms with Crippen molar-refractivity contribution in [3.05, 3.63) is 65.7 Å². The number of amidine groups is 2. The Labute approximate surface area is 193 Å². The van der Waals surface area contributed by atoms with E-state index >= 15 is 0 Å². The van der Waals surface area contributed by atoms with E-state index in [1.807, 2.05) is 63.2 Å². The molecule has 0 unspecified atom stereocenters. The summed E-state index contributed by atoms with van der Waals surface area (Å²) in [4.78, 5) is 37.2. The third-order valence-corrected chi connectivity index (χ3v) is 6.91. The molecule has 0 saturated heterocycles. The number of amides is 2. The average molecular weight is 449 g/mol.